The first-order chi connectivity index (χ1) is 7.60. The zero-order valence-corrected chi connectivity index (χ0v) is 10.7. The fourth-order valence-electron chi connectivity index (χ4n) is 2.48. The molecule has 2 rings (SSSR count). The van der Waals surface area contributed by atoms with Gasteiger partial charge in [0.25, 0.3) is 0 Å². The molecule has 0 atom stereocenters. The quantitative estimate of drug-likeness (QED) is 0.543. The smallest absolute Gasteiger partial charge is 0.264 e. The Morgan fingerprint density at radius 3 is 2.12 bits per heavy atom. The molecule has 3 heteroatoms. The van der Waals surface area contributed by atoms with Crippen LogP contribution in [0.4, 0.5) is 8.22 Å². The predicted molar refractivity (Wildman–Crippen MR) is 65.6 cm³/mol. The lowest BCUT2D eigenvalue weighted by Crippen LogP contribution is -2.44. The van der Waals surface area contributed by atoms with Crippen LogP contribution in [0.25, 0.3) is 0 Å². The Hall–Kier alpha value is -0.703. The molecule has 16 heavy (non-hydrogen) atoms. The highest BCUT2D eigenvalue weighted by Gasteiger charge is 2.46. The topological polar surface area (TPSA) is 0 Å². The molecule has 0 heterocycles. The van der Waals surface area contributed by atoms with Gasteiger partial charge in [0.05, 0.1) is 0 Å². The largest absolute Gasteiger partial charge is 0.458 e. The highest BCUT2D eigenvalue weighted by Crippen LogP contribution is 2.38. The maximum atomic E-state index is 14.3. The molecule has 1 aliphatic rings. The van der Waals surface area contributed by atoms with E-state index in [1.165, 1.54) is 0 Å². The van der Waals surface area contributed by atoms with Gasteiger partial charge in [-0.05, 0) is 19.8 Å². The molecule has 0 amide bonds. The first-order valence-corrected chi connectivity index (χ1v) is 7.89. The minimum Gasteiger partial charge on any atom is -0.264 e. The summed E-state index contributed by atoms with van der Waals surface area (Å²) in [6, 6.07) is 6.88. The van der Waals surface area contributed by atoms with E-state index in [2.05, 4.69) is 0 Å². The van der Waals surface area contributed by atoms with Crippen LogP contribution < -0.4 is 5.19 Å². The van der Waals surface area contributed by atoms with E-state index in [4.69, 9.17) is 0 Å². The van der Waals surface area contributed by atoms with Gasteiger partial charge in [-0.25, -0.2) is 0 Å². The molecule has 1 fully saturated rings. The van der Waals surface area contributed by atoms with E-state index >= 15 is 0 Å². The second-order valence-electron chi connectivity index (χ2n) is 4.82. The van der Waals surface area contributed by atoms with E-state index in [-0.39, 0.29) is 5.54 Å². The minimum absolute atomic E-state index is 0.316. The molecule has 0 N–H and O–H groups in total. The highest BCUT2D eigenvalue weighted by atomic mass is 28.4. The van der Waals surface area contributed by atoms with E-state index in [1.54, 1.807) is 24.3 Å². The number of aryl methyl sites for hydroxylation is 1. The Morgan fingerprint density at radius 2 is 1.56 bits per heavy atom. The summed E-state index contributed by atoms with van der Waals surface area (Å²) in [5.74, 6) is 0. The van der Waals surface area contributed by atoms with Crippen molar-refractivity contribution in [2.75, 3.05) is 0 Å². The molecule has 0 radical (unpaired) electrons. The van der Waals surface area contributed by atoms with Crippen LogP contribution in [0.2, 0.25) is 5.54 Å². The number of benzene rings is 1. The van der Waals surface area contributed by atoms with Crippen molar-refractivity contribution in [2.24, 2.45) is 0 Å². The molecular formula is C13H18F2Si. The van der Waals surface area contributed by atoms with E-state index in [9.17, 15) is 8.22 Å². The van der Waals surface area contributed by atoms with Crippen molar-refractivity contribution in [1.29, 1.82) is 0 Å². The average Bonchev–Trinajstić information content (AvgIpc) is 2.31. The molecule has 0 spiro atoms. The van der Waals surface area contributed by atoms with Crippen molar-refractivity contribution in [1.82, 2.24) is 0 Å². The van der Waals surface area contributed by atoms with E-state index in [0.717, 1.165) is 37.7 Å². The molecule has 0 saturated heterocycles. The van der Waals surface area contributed by atoms with Crippen LogP contribution in [-0.4, -0.2) is 8.74 Å². The molecular weight excluding hydrogens is 222 g/mol. The Kier molecular flexibility index (Phi) is 3.43. The van der Waals surface area contributed by atoms with Gasteiger partial charge in [0.1, 0.15) is 0 Å². The van der Waals surface area contributed by atoms with E-state index in [1.807, 2.05) is 6.92 Å². The van der Waals surface area contributed by atoms with Crippen LogP contribution in [-0.2, 0) is 0 Å². The van der Waals surface area contributed by atoms with Crippen LogP contribution >= 0.6 is 0 Å². The van der Waals surface area contributed by atoms with Gasteiger partial charge in [-0.2, -0.15) is 0 Å². The summed E-state index contributed by atoms with van der Waals surface area (Å²) in [6.07, 6.45) is 4.56. The molecule has 0 aliphatic heterocycles. The number of halogens is 2. The SMILES string of the molecule is Cc1ccc([Si](F)(F)C2CCCCC2)cc1. The van der Waals surface area contributed by atoms with Crippen molar-refractivity contribution >= 4 is 13.9 Å². The molecule has 0 nitrogen and oxygen atoms in total. The third-order valence-corrected chi connectivity index (χ3v) is 6.26. The standard InChI is InChI=1S/C13H18F2Si/c1-11-7-9-13(10-8-11)16(14,15)12-5-3-2-4-6-12/h7-10,12H,2-6H2,1H3. The summed E-state index contributed by atoms with van der Waals surface area (Å²) < 4.78 is 28.6. The van der Waals surface area contributed by atoms with Gasteiger partial charge in [0.15, 0.2) is 0 Å². The molecule has 1 aromatic rings. The third kappa shape index (κ3) is 2.34. The molecule has 0 aromatic heterocycles. The average molecular weight is 240 g/mol. The van der Waals surface area contributed by atoms with Gasteiger partial charge in [0.2, 0.25) is 0 Å². The lowest BCUT2D eigenvalue weighted by atomic mass is 10.0. The Morgan fingerprint density at radius 1 is 1.00 bits per heavy atom. The fourth-order valence-corrected chi connectivity index (χ4v) is 4.69. The zero-order valence-electron chi connectivity index (χ0n) is 9.68. The number of hydrogen-bond donors (Lipinski definition) is 0. The van der Waals surface area contributed by atoms with Gasteiger partial charge in [-0.15, -0.1) is 0 Å². The van der Waals surface area contributed by atoms with E-state index < -0.39 is 8.74 Å². The van der Waals surface area contributed by atoms with Crippen LogP contribution in [0.1, 0.15) is 37.7 Å². The van der Waals surface area contributed by atoms with Crippen molar-refractivity contribution in [3.8, 4) is 0 Å². The van der Waals surface area contributed by atoms with Gasteiger partial charge in [-0.3, -0.25) is 8.22 Å². The van der Waals surface area contributed by atoms with Crippen LogP contribution in [0, 0.1) is 6.92 Å². The lowest BCUT2D eigenvalue weighted by Gasteiger charge is -2.27. The van der Waals surface area contributed by atoms with Crippen molar-refractivity contribution in [2.45, 2.75) is 44.6 Å². The molecule has 0 unspecified atom stereocenters. The zero-order chi connectivity index (χ0) is 11.6. The summed E-state index contributed by atoms with van der Waals surface area (Å²) >= 11 is 0. The number of rotatable bonds is 2. The van der Waals surface area contributed by atoms with Crippen molar-refractivity contribution < 1.29 is 8.22 Å². The maximum absolute atomic E-state index is 14.3. The van der Waals surface area contributed by atoms with Gasteiger partial charge < -0.3 is 0 Å². The molecule has 88 valence electrons. The van der Waals surface area contributed by atoms with Crippen LogP contribution in [0.15, 0.2) is 24.3 Å². The normalized spacial score (nSPS) is 18.7. The molecule has 1 aromatic carbocycles. The Labute approximate surface area is 97.0 Å². The second-order valence-corrected chi connectivity index (χ2v) is 7.46. The fraction of sp³-hybridized carbons (Fsp3) is 0.538. The summed E-state index contributed by atoms with van der Waals surface area (Å²) in [5.41, 5.74) is 0.737. The molecule has 0 bridgehead atoms. The second kappa shape index (κ2) is 4.66. The van der Waals surface area contributed by atoms with Crippen molar-refractivity contribution in [3.63, 3.8) is 0 Å². The van der Waals surface area contributed by atoms with Crippen LogP contribution in [0.3, 0.4) is 0 Å². The van der Waals surface area contributed by atoms with Gasteiger partial charge in [-0.1, -0.05) is 49.1 Å². The van der Waals surface area contributed by atoms with Crippen LogP contribution in [0.5, 0.6) is 0 Å². The van der Waals surface area contributed by atoms with E-state index in [0.29, 0.717) is 5.19 Å². The minimum atomic E-state index is -4.20. The summed E-state index contributed by atoms with van der Waals surface area (Å²) in [4.78, 5) is 0. The maximum Gasteiger partial charge on any atom is 0.458 e. The third-order valence-electron chi connectivity index (χ3n) is 3.55. The first-order valence-electron chi connectivity index (χ1n) is 6.05. The summed E-state index contributed by atoms with van der Waals surface area (Å²) in [7, 11) is -4.20. The summed E-state index contributed by atoms with van der Waals surface area (Å²) in [6.45, 7) is 1.93. The molecule has 1 saturated carbocycles. The van der Waals surface area contributed by atoms with Gasteiger partial charge >= 0.3 is 8.74 Å². The van der Waals surface area contributed by atoms with Crippen molar-refractivity contribution in [3.05, 3.63) is 29.8 Å². The summed E-state index contributed by atoms with van der Waals surface area (Å²) in [5, 5.41) is 0.324. The monoisotopic (exact) mass is 240 g/mol. The first kappa shape index (κ1) is 11.8. The number of hydrogen-bond acceptors (Lipinski definition) is 0. The Bertz CT molecular complexity index is 339. The highest BCUT2D eigenvalue weighted by molar-refractivity contribution is 6.81. The van der Waals surface area contributed by atoms with Gasteiger partial charge in [0, 0.05) is 10.7 Å². The predicted octanol–water partition coefficient (Wildman–Crippen LogP) is 3.92. The Balaban J connectivity index is 2.19. The lowest BCUT2D eigenvalue weighted by molar-refractivity contribution is 0.443. The molecule has 1 aliphatic carbocycles.